The zero-order valence-corrected chi connectivity index (χ0v) is 14.3. The van der Waals surface area contributed by atoms with E-state index < -0.39 is 5.41 Å². The van der Waals surface area contributed by atoms with Crippen molar-refractivity contribution in [1.29, 1.82) is 10.5 Å². The van der Waals surface area contributed by atoms with Gasteiger partial charge in [-0.1, -0.05) is 26.0 Å². The Morgan fingerprint density at radius 1 is 1.04 bits per heavy atom. The maximum absolute atomic E-state index is 9.68. The minimum absolute atomic E-state index is 0.0420. The second kappa shape index (κ2) is 7.25. The van der Waals surface area contributed by atoms with E-state index in [0.29, 0.717) is 23.8 Å². The molecule has 0 aliphatic carbocycles. The molecule has 0 aliphatic heterocycles. The number of nitriles is 2. The Bertz CT molecular complexity index is 832. The molecular weight excluding hydrogens is 324 g/mol. The summed E-state index contributed by atoms with van der Waals surface area (Å²) < 4.78 is 5.47. The van der Waals surface area contributed by atoms with E-state index in [1.807, 2.05) is 26.0 Å². The molecule has 0 radical (unpaired) electrons. The maximum atomic E-state index is 9.68. The topological polar surface area (TPSA) is 77.0 Å². The predicted molar refractivity (Wildman–Crippen MR) is 92.3 cm³/mol. The van der Waals surface area contributed by atoms with Crippen molar-refractivity contribution in [2.75, 3.05) is 12.5 Å². The van der Waals surface area contributed by atoms with Crippen LogP contribution in [0.2, 0.25) is 0 Å². The van der Waals surface area contributed by atoms with Gasteiger partial charge in [0.1, 0.15) is 30.2 Å². The minimum atomic E-state index is -0.448. The molecule has 0 fully saturated rings. The number of nitrogens with zero attached hydrogens (tertiary/aromatic N) is 2. The van der Waals surface area contributed by atoms with Crippen molar-refractivity contribution in [3.8, 4) is 23.6 Å². The van der Waals surface area contributed by atoms with Gasteiger partial charge in [-0.15, -0.1) is 11.6 Å². The molecule has 0 saturated heterocycles. The van der Waals surface area contributed by atoms with Gasteiger partial charge in [-0.25, -0.2) is 0 Å². The van der Waals surface area contributed by atoms with Gasteiger partial charge in [0.2, 0.25) is 0 Å². The van der Waals surface area contributed by atoms with Gasteiger partial charge in [-0.2, -0.15) is 10.5 Å². The van der Waals surface area contributed by atoms with E-state index >= 15 is 0 Å². The van der Waals surface area contributed by atoms with Gasteiger partial charge in [-0.3, -0.25) is 0 Å². The van der Waals surface area contributed by atoms with Gasteiger partial charge < -0.3 is 9.84 Å². The number of rotatable bonds is 5. The van der Waals surface area contributed by atoms with Crippen molar-refractivity contribution < 1.29 is 9.84 Å². The third-order valence-electron chi connectivity index (χ3n) is 4.00. The Hall–Kier alpha value is -2.69. The monoisotopic (exact) mass is 340 g/mol. The van der Waals surface area contributed by atoms with E-state index in [0.717, 1.165) is 11.1 Å². The molecule has 5 heteroatoms. The quantitative estimate of drug-likeness (QED) is 0.832. The van der Waals surface area contributed by atoms with Gasteiger partial charge in [0.15, 0.2) is 0 Å². The molecule has 0 bridgehead atoms. The maximum Gasteiger partial charge on any atom is 0.137 e. The highest BCUT2D eigenvalue weighted by Crippen LogP contribution is 2.35. The van der Waals surface area contributed by atoms with Crippen LogP contribution in [0.15, 0.2) is 36.4 Å². The summed E-state index contributed by atoms with van der Waals surface area (Å²) in [4.78, 5) is 0. The summed E-state index contributed by atoms with van der Waals surface area (Å²) in [6, 6.07) is 14.5. The first-order valence-electron chi connectivity index (χ1n) is 7.41. The molecule has 4 nitrogen and oxygen atoms in total. The van der Waals surface area contributed by atoms with Crippen LogP contribution in [0.1, 0.15) is 36.1 Å². The van der Waals surface area contributed by atoms with Crippen molar-refractivity contribution in [2.45, 2.75) is 19.3 Å². The van der Waals surface area contributed by atoms with Crippen molar-refractivity contribution in [1.82, 2.24) is 0 Å². The van der Waals surface area contributed by atoms with Crippen LogP contribution in [-0.4, -0.2) is 17.6 Å². The number of alkyl halides is 1. The Labute approximate surface area is 146 Å². The average molecular weight is 341 g/mol. The normalized spacial score (nSPS) is 10.7. The van der Waals surface area contributed by atoms with E-state index in [4.69, 9.17) is 21.6 Å². The van der Waals surface area contributed by atoms with Crippen LogP contribution >= 0.6 is 11.6 Å². The first kappa shape index (κ1) is 17.7. The van der Waals surface area contributed by atoms with Crippen LogP contribution in [0.25, 0.3) is 0 Å². The largest absolute Gasteiger partial charge is 0.507 e. The predicted octanol–water partition coefficient (Wildman–Crippen LogP) is 4.08. The molecule has 2 rings (SSSR count). The molecule has 0 amide bonds. The van der Waals surface area contributed by atoms with Crippen molar-refractivity contribution in [3.63, 3.8) is 0 Å². The molecule has 0 heterocycles. The molecule has 24 heavy (non-hydrogen) atoms. The van der Waals surface area contributed by atoms with Crippen LogP contribution < -0.4 is 4.74 Å². The lowest BCUT2D eigenvalue weighted by Gasteiger charge is -2.27. The molecule has 122 valence electrons. The van der Waals surface area contributed by atoms with Crippen LogP contribution in [0, 0.1) is 22.7 Å². The lowest BCUT2D eigenvalue weighted by atomic mass is 9.77. The number of halogens is 1. The van der Waals surface area contributed by atoms with E-state index in [2.05, 4.69) is 6.07 Å². The molecule has 0 saturated carbocycles. The zero-order chi connectivity index (χ0) is 17.7. The minimum Gasteiger partial charge on any atom is -0.507 e. The molecule has 2 aromatic carbocycles. The second-order valence-corrected chi connectivity index (χ2v) is 6.21. The molecule has 0 aliphatic rings. The highest BCUT2D eigenvalue weighted by atomic mass is 35.5. The van der Waals surface area contributed by atoms with E-state index in [-0.39, 0.29) is 11.3 Å². The van der Waals surface area contributed by atoms with Gasteiger partial charge in [0.05, 0.1) is 17.0 Å². The first-order valence-corrected chi connectivity index (χ1v) is 7.94. The zero-order valence-electron chi connectivity index (χ0n) is 13.5. The second-order valence-electron chi connectivity index (χ2n) is 5.83. The Morgan fingerprint density at radius 3 is 2.21 bits per heavy atom. The van der Waals surface area contributed by atoms with E-state index in [1.165, 1.54) is 6.07 Å². The average Bonchev–Trinajstić information content (AvgIpc) is 2.59. The fraction of sp³-hybridized carbons (Fsp3) is 0.263. The summed E-state index contributed by atoms with van der Waals surface area (Å²) in [5.41, 5.74) is 1.99. The molecule has 0 unspecified atom stereocenters. The van der Waals surface area contributed by atoms with E-state index in [1.54, 1.807) is 24.3 Å². The fourth-order valence-electron chi connectivity index (χ4n) is 2.46. The molecule has 2 aromatic rings. The number of hydrogen-bond donors (Lipinski definition) is 1. The number of phenols is 1. The van der Waals surface area contributed by atoms with Gasteiger partial charge in [-0.05, 0) is 35.4 Å². The summed E-state index contributed by atoms with van der Waals surface area (Å²) in [5.74, 6) is 0.809. The standard InChI is InChI=1S/C19H17ClN2O2/c1-19(2,15-3-5-17(23)13(9-15)11-21)16-4-6-18(24-8-7-20)14(10-16)12-22/h3-6,9-10,23H,7-8H2,1-2H3. The number of ether oxygens (including phenoxy) is 1. The Kier molecular flexibility index (Phi) is 5.34. The molecular formula is C19H17ClN2O2. The van der Waals surface area contributed by atoms with Crippen LogP contribution in [-0.2, 0) is 5.41 Å². The first-order chi connectivity index (χ1) is 11.4. The highest BCUT2D eigenvalue weighted by molar-refractivity contribution is 6.18. The lowest BCUT2D eigenvalue weighted by molar-refractivity contribution is 0.341. The summed E-state index contributed by atoms with van der Waals surface area (Å²) in [7, 11) is 0. The molecule has 1 N–H and O–H groups in total. The van der Waals surface area contributed by atoms with Crippen molar-refractivity contribution >= 4 is 11.6 Å². The molecule has 0 aromatic heterocycles. The number of phenolic OH excluding ortho intramolecular Hbond substituents is 1. The third-order valence-corrected chi connectivity index (χ3v) is 4.15. The summed E-state index contributed by atoms with van der Waals surface area (Å²) in [6.07, 6.45) is 0. The fourth-order valence-corrected chi connectivity index (χ4v) is 2.54. The summed E-state index contributed by atoms with van der Waals surface area (Å²) in [6.45, 7) is 4.33. The number of benzene rings is 2. The van der Waals surface area contributed by atoms with Crippen molar-refractivity contribution in [2.24, 2.45) is 0 Å². The smallest absolute Gasteiger partial charge is 0.137 e. The van der Waals surface area contributed by atoms with Gasteiger partial charge in [0, 0.05) is 5.41 Å². The van der Waals surface area contributed by atoms with Gasteiger partial charge >= 0.3 is 0 Å². The van der Waals surface area contributed by atoms with Gasteiger partial charge in [0.25, 0.3) is 0 Å². The number of aromatic hydroxyl groups is 1. The Balaban J connectivity index is 2.46. The van der Waals surface area contributed by atoms with E-state index in [9.17, 15) is 10.4 Å². The lowest BCUT2D eigenvalue weighted by Crippen LogP contribution is -2.19. The summed E-state index contributed by atoms with van der Waals surface area (Å²) >= 11 is 5.62. The van der Waals surface area contributed by atoms with Crippen molar-refractivity contribution in [3.05, 3.63) is 58.7 Å². The SMILES string of the molecule is CC(C)(c1ccc(O)c(C#N)c1)c1ccc(OCCCl)c(C#N)c1. The third kappa shape index (κ3) is 3.45. The molecule has 0 atom stereocenters. The summed E-state index contributed by atoms with van der Waals surface area (Å²) in [5, 5.41) is 28.1. The Morgan fingerprint density at radius 2 is 1.62 bits per heavy atom. The van der Waals surface area contributed by atoms with Crippen LogP contribution in [0.3, 0.4) is 0 Å². The molecule has 0 spiro atoms. The van der Waals surface area contributed by atoms with Crippen LogP contribution in [0.4, 0.5) is 0 Å². The number of hydrogen-bond acceptors (Lipinski definition) is 4. The highest BCUT2D eigenvalue weighted by Gasteiger charge is 2.25. The van der Waals surface area contributed by atoms with Crippen LogP contribution in [0.5, 0.6) is 11.5 Å².